The molecule has 0 saturated heterocycles. The van der Waals surface area contributed by atoms with Crippen LogP contribution in [0.3, 0.4) is 0 Å². The van der Waals surface area contributed by atoms with Gasteiger partial charge in [-0.05, 0) is 67.1 Å². The average Bonchev–Trinajstić information content (AvgIpc) is 3.16. The fraction of sp³-hybridized carbons (Fsp3) is 0.250. The van der Waals surface area contributed by atoms with Crippen molar-refractivity contribution in [1.82, 2.24) is 0 Å². The Balaban J connectivity index is 1.51. The van der Waals surface area contributed by atoms with E-state index in [9.17, 15) is 9.59 Å². The van der Waals surface area contributed by atoms with E-state index >= 15 is 0 Å². The highest BCUT2D eigenvalue weighted by atomic mass is 35.5. The van der Waals surface area contributed by atoms with Crippen molar-refractivity contribution in [2.45, 2.75) is 32.3 Å². The number of aryl methyl sites for hydroxylation is 1. The normalized spacial score (nSPS) is 12.7. The van der Waals surface area contributed by atoms with Crippen molar-refractivity contribution in [1.29, 1.82) is 0 Å². The number of methoxy groups -OCH3 is 1. The first-order valence-corrected chi connectivity index (χ1v) is 11.5. The third-order valence-corrected chi connectivity index (χ3v) is 6.84. The predicted molar refractivity (Wildman–Crippen MR) is 126 cm³/mol. The molecule has 2 aromatic carbocycles. The number of nitrogens with one attached hydrogen (secondary N) is 1. The molecular formula is C24H23ClN2O4S. The summed E-state index contributed by atoms with van der Waals surface area (Å²) in [5.74, 6) is 0.104. The molecule has 3 aromatic rings. The van der Waals surface area contributed by atoms with Gasteiger partial charge < -0.3 is 20.5 Å². The SMILES string of the molecule is COc1cc(C(=O)Nc2sc3c(c2C(N)=O)CCCC3)ccc1OCc1ccc(Cl)cc1. The van der Waals surface area contributed by atoms with Crippen LogP contribution < -0.4 is 20.5 Å². The first-order chi connectivity index (χ1) is 15.5. The van der Waals surface area contributed by atoms with Gasteiger partial charge in [-0.25, -0.2) is 0 Å². The molecule has 2 amide bonds. The lowest BCUT2D eigenvalue weighted by atomic mass is 9.95. The molecule has 1 aliphatic rings. The van der Waals surface area contributed by atoms with E-state index in [0.29, 0.717) is 39.3 Å². The summed E-state index contributed by atoms with van der Waals surface area (Å²) in [5.41, 5.74) is 8.39. The average molecular weight is 471 g/mol. The van der Waals surface area contributed by atoms with Gasteiger partial charge in [-0.3, -0.25) is 9.59 Å². The summed E-state index contributed by atoms with van der Waals surface area (Å²) in [6, 6.07) is 12.3. The van der Waals surface area contributed by atoms with Crippen LogP contribution in [0, 0.1) is 0 Å². The number of anilines is 1. The molecule has 166 valence electrons. The Morgan fingerprint density at radius 2 is 1.84 bits per heavy atom. The van der Waals surface area contributed by atoms with Crippen LogP contribution in [0.2, 0.25) is 5.02 Å². The van der Waals surface area contributed by atoms with E-state index in [-0.39, 0.29) is 5.91 Å². The second-order valence-corrected chi connectivity index (χ2v) is 9.06. The number of amides is 2. The zero-order valence-corrected chi connectivity index (χ0v) is 19.1. The van der Waals surface area contributed by atoms with Crippen molar-refractivity contribution in [3.8, 4) is 11.5 Å². The van der Waals surface area contributed by atoms with Gasteiger partial charge in [-0.15, -0.1) is 11.3 Å². The molecule has 0 unspecified atom stereocenters. The Labute approximate surface area is 195 Å². The van der Waals surface area contributed by atoms with Gasteiger partial charge in [0.2, 0.25) is 0 Å². The number of rotatable bonds is 7. The van der Waals surface area contributed by atoms with Crippen LogP contribution in [0.5, 0.6) is 11.5 Å². The summed E-state index contributed by atoms with van der Waals surface area (Å²) in [6.07, 6.45) is 3.82. The summed E-state index contributed by atoms with van der Waals surface area (Å²) < 4.78 is 11.3. The van der Waals surface area contributed by atoms with Gasteiger partial charge in [0.05, 0.1) is 12.7 Å². The maximum atomic E-state index is 12.9. The number of fused-ring (bicyclic) bond motifs is 1. The smallest absolute Gasteiger partial charge is 0.256 e. The predicted octanol–water partition coefficient (Wildman–Crippen LogP) is 5.22. The number of carbonyl (C=O) groups excluding carboxylic acids is 2. The molecule has 8 heteroatoms. The van der Waals surface area contributed by atoms with Crippen LogP contribution in [0.1, 0.15) is 49.6 Å². The number of hydrogen-bond acceptors (Lipinski definition) is 5. The maximum Gasteiger partial charge on any atom is 0.256 e. The first kappa shape index (κ1) is 22.2. The molecule has 3 N–H and O–H groups in total. The number of benzene rings is 2. The lowest BCUT2D eigenvalue weighted by Crippen LogP contribution is -2.18. The molecule has 0 spiro atoms. The topological polar surface area (TPSA) is 90.6 Å². The Kier molecular flexibility index (Phi) is 6.67. The van der Waals surface area contributed by atoms with Gasteiger partial charge in [0.15, 0.2) is 11.5 Å². The van der Waals surface area contributed by atoms with E-state index in [1.165, 1.54) is 18.4 Å². The minimum absolute atomic E-state index is 0.335. The lowest BCUT2D eigenvalue weighted by molar-refractivity contribution is 0.100. The van der Waals surface area contributed by atoms with Crippen molar-refractivity contribution in [2.75, 3.05) is 12.4 Å². The van der Waals surface area contributed by atoms with Gasteiger partial charge in [0.25, 0.3) is 11.8 Å². The third kappa shape index (κ3) is 4.74. The number of carbonyl (C=O) groups is 2. The molecule has 0 fully saturated rings. The van der Waals surface area contributed by atoms with Crippen LogP contribution in [0.4, 0.5) is 5.00 Å². The number of hydrogen-bond donors (Lipinski definition) is 2. The number of ether oxygens (including phenoxy) is 2. The summed E-state index contributed by atoms with van der Waals surface area (Å²) in [5, 5.41) is 4.04. The molecule has 0 saturated carbocycles. The Morgan fingerprint density at radius 3 is 2.56 bits per heavy atom. The van der Waals surface area contributed by atoms with E-state index in [2.05, 4.69) is 5.32 Å². The monoisotopic (exact) mass is 470 g/mol. The van der Waals surface area contributed by atoms with Crippen molar-refractivity contribution in [2.24, 2.45) is 5.73 Å². The van der Waals surface area contributed by atoms with E-state index in [0.717, 1.165) is 41.7 Å². The molecule has 32 heavy (non-hydrogen) atoms. The number of nitrogens with two attached hydrogens (primary N) is 1. The van der Waals surface area contributed by atoms with Crippen LogP contribution in [-0.4, -0.2) is 18.9 Å². The number of thiophene rings is 1. The Hall–Kier alpha value is -3.03. The lowest BCUT2D eigenvalue weighted by Gasteiger charge is -2.13. The molecule has 0 aliphatic heterocycles. The summed E-state index contributed by atoms with van der Waals surface area (Å²) in [7, 11) is 1.52. The van der Waals surface area contributed by atoms with Crippen molar-refractivity contribution in [3.63, 3.8) is 0 Å². The van der Waals surface area contributed by atoms with Crippen LogP contribution >= 0.6 is 22.9 Å². The van der Waals surface area contributed by atoms with Gasteiger partial charge in [-0.2, -0.15) is 0 Å². The highest BCUT2D eigenvalue weighted by Gasteiger charge is 2.25. The van der Waals surface area contributed by atoms with Crippen LogP contribution in [-0.2, 0) is 19.4 Å². The molecule has 4 rings (SSSR count). The standard InChI is InChI=1S/C24H23ClN2O4S/c1-30-19-12-15(8-11-18(19)31-13-14-6-9-16(25)10-7-14)23(29)27-24-21(22(26)28)17-4-2-3-5-20(17)32-24/h6-12H,2-5,13H2,1H3,(H2,26,28)(H,27,29). The van der Waals surface area contributed by atoms with Gasteiger partial charge in [0.1, 0.15) is 11.6 Å². The van der Waals surface area contributed by atoms with E-state index in [1.54, 1.807) is 30.3 Å². The van der Waals surface area contributed by atoms with Crippen molar-refractivity contribution < 1.29 is 19.1 Å². The molecular weight excluding hydrogens is 448 g/mol. The largest absolute Gasteiger partial charge is 0.493 e. The van der Waals surface area contributed by atoms with E-state index in [1.807, 2.05) is 12.1 Å². The third-order valence-electron chi connectivity index (χ3n) is 5.38. The minimum atomic E-state index is -0.511. The molecule has 0 radical (unpaired) electrons. The summed E-state index contributed by atoms with van der Waals surface area (Å²) >= 11 is 7.35. The molecule has 0 bridgehead atoms. The highest BCUT2D eigenvalue weighted by Crippen LogP contribution is 2.38. The second-order valence-electron chi connectivity index (χ2n) is 7.51. The van der Waals surface area contributed by atoms with Gasteiger partial charge in [-0.1, -0.05) is 23.7 Å². The van der Waals surface area contributed by atoms with E-state index in [4.69, 9.17) is 26.8 Å². The summed E-state index contributed by atoms with van der Waals surface area (Å²) in [4.78, 5) is 26.1. The fourth-order valence-corrected chi connectivity index (χ4v) is 5.18. The van der Waals surface area contributed by atoms with Crippen LogP contribution in [0.15, 0.2) is 42.5 Å². The van der Waals surface area contributed by atoms with E-state index < -0.39 is 5.91 Å². The molecule has 0 atom stereocenters. The molecule has 6 nitrogen and oxygen atoms in total. The molecule has 1 aromatic heterocycles. The fourth-order valence-electron chi connectivity index (χ4n) is 3.76. The Bertz CT molecular complexity index is 1160. The molecule has 1 aliphatic carbocycles. The number of halogens is 1. The minimum Gasteiger partial charge on any atom is -0.493 e. The zero-order chi connectivity index (χ0) is 22.7. The quantitative estimate of drug-likeness (QED) is 0.495. The zero-order valence-electron chi connectivity index (χ0n) is 17.6. The number of primary amides is 1. The maximum absolute atomic E-state index is 12.9. The van der Waals surface area contributed by atoms with Gasteiger partial charge >= 0.3 is 0 Å². The van der Waals surface area contributed by atoms with Crippen molar-refractivity contribution in [3.05, 3.63) is 74.6 Å². The second kappa shape index (κ2) is 9.63. The summed E-state index contributed by atoms with van der Waals surface area (Å²) in [6.45, 7) is 0.335. The highest BCUT2D eigenvalue weighted by molar-refractivity contribution is 7.17. The van der Waals surface area contributed by atoms with Crippen LogP contribution in [0.25, 0.3) is 0 Å². The first-order valence-electron chi connectivity index (χ1n) is 10.3. The van der Waals surface area contributed by atoms with Crippen molar-refractivity contribution >= 4 is 39.8 Å². The van der Waals surface area contributed by atoms with Gasteiger partial charge in [0, 0.05) is 15.5 Å². The Morgan fingerprint density at radius 1 is 1.09 bits per heavy atom. The molecule has 1 heterocycles.